The monoisotopic (exact) mass is 303 g/mol. The van der Waals surface area contributed by atoms with E-state index in [4.69, 9.17) is 0 Å². The van der Waals surface area contributed by atoms with Crippen molar-refractivity contribution in [1.29, 1.82) is 0 Å². The molecule has 0 atom stereocenters. The van der Waals surface area contributed by atoms with Crippen molar-refractivity contribution < 1.29 is 4.79 Å². The van der Waals surface area contributed by atoms with Gasteiger partial charge in [0, 0.05) is 43.5 Å². The van der Waals surface area contributed by atoms with Crippen LogP contribution in [0.15, 0.2) is 6.20 Å². The summed E-state index contributed by atoms with van der Waals surface area (Å²) >= 11 is 0. The first-order chi connectivity index (χ1) is 10.4. The molecule has 2 rings (SSSR count). The average Bonchev–Trinajstić information content (AvgIpc) is 2.95. The Bertz CT molecular complexity index is 668. The SMILES string of the molecule is CCn1nc(C)c(CCC(=O)NCc2cnn(C)c2C)c1C. The summed E-state index contributed by atoms with van der Waals surface area (Å²) in [7, 11) is 1.90. The second-order valence-electron chi connectivity index (χ2n) is 5.62. The Balaban J connectivity index is 1.88. The third-order valence-electron chi connectivity index (χ3n) is 4.25. The van der Waals surface area contributed by atoms with E-state index in [1.165, 1.54) is 5.56 Å². The van der Waals surface area contributed by atoms with E-state index in [9.17, 15) is 4.79 Å². The van der Waals surface area contributed by atoms with Gasteiger partial charge < -0.3 is 5.32 Å². The molecule has 1 amide bonds. The van der Waals surface area contributed by atoms with Crippen molar-refractivity contribution >= 4 is 5.91 Å². The smallest absolute Gasteiger partial charge is 0.220 e. The summed E-state index contributed by atoms with van der Waals surface area (Å²) in [5, 5.41) is 11.6. The topological polar surface area (TPSA) is 64.7 Å². The number of amides is 1. The van der Waals surface area contributed by atoms with E-state index in [0.29, 0.717) is 13.0 Å². The maximum absolute atomic E-state index is 12.0. The maximum Gasteiger partial charge on any atom is 0.220 e. The van der Waals surface area contributed by atoms with Crippen LogP contribution in [0.25, 0.3) is 0 Å². The minimum atomic E-state index is 0.0614. The predicted molar refractivity (Wildman–Crippen MR) is 85.5 cm³/mol. The minimum Gasteiger partial charge on any atom is -0.352 e. The number of carbonyl (C=O) groups is 1. The molecule has 2 aromatic rings. The zero-order chi connectivity index (χ0) is 16.3. The van der Waals surface area contributed by atoms with E-state index in [-0.39, 0.29) is 5.91 Å². The quantitative estimate of drug-likeness (QED) is 0.885. The van der Waals surface area contributed by atoms with Gasteiger partial charge in [0.25, 0.3) is 0 Å². The second kappa shape index (κ2) is 6.77. The van der Waals surface area contributed by atoms with E-state index < -0.39 is 0 Å². The van der Waals surface area contributed by atoms with Crippen LogP contribution in [0.4, 0.5) is 0 Å². The number of aryl methyl sites for hydroxylation is 3. The second-order valence-corrected chi connectivity index (χ2v) is 5.62. The number of aromatic nitrogens is 4. The van der Waals surface area contributed by atoms with Crippen molar-refractivity contribution in [1.82, 2.24) is 24.9 Å². The molecule has 0 bridgehead atoms. The third-order valence-corrected chi connectivity index (χ3v) is 4.25. The van der Waals surface area contributed by atoms with Gasteiger partial charge in [-0.3, -0.25) is 14.2 Å². The van der Waals surface area contributed by atoms with Crippen LogP contribution in [0.1, 0.15) is 41.6 Å². The molecule has 0 unspecified atom stereocenters. The zero-order valence-electron chi connectivity index (χ0n) is 14.1. The summed E-state index contributed by atoms with van der Waals surface area (Å²) < 4.78 is 3.80. The lowest BCUT2D eigenvalue weighted by Crippen LogP contribution is -2.23. The Kier molecular flexibility index (Phi) is 5.00. The Morgan fingerprint density at radius 1 is 1.27 bits per heavy atom. The highest BCUT2D eigenvalue weighted by molar-refractivity contribution is 5.76. The van der Waals surface area contributed by atoms with Crippen LogP contribution in [-0.4, -0.2) is 25.5 Å². The van der Waals surface area contributed by atoms with Crippen molar-refractivity contribution in [2.75, 3.05) is 0 Å². The number of nitrogens with one attached hydrogen (secondary N) is 1. The molecular weight excluding hydrogens is 278 g/mol. The van der Waals surface area contributed by atoms with E-state index in [0.717, 1.165) is 35.6 Å². The number of hydrogen-bond donors (Lipinski definition) is 1. The van der Waals surface area contributed by atoms with Gasteiger partial charge >= 0.3 is 0 Å². The van der Waals surface area contributed by atoms with Crippen LogP contribution >= 0.6 is 0 Å². The highest BCUT2D eigenvalue weighted by Crippen LogP contribution is 2.15. The lowest BCUT2D eigenvalue weighted by atomic mass is 10.1. The molecule has 0 aliphatic rings. The summed E-state index contributed by atoms with van der Waals surface area (Å²) in [6.07, 6.45) is 3.01. The molecule has 120 valence electrons. The maximum atomic E-state index is 12.0. The molecule has 0 radical (unpaired) electrons. The molecule has 0 aromatic carbocycles. The van der Waals surface area contributed by atoms with Gasteiger partial charge in [-0.2, -0.15) is 10.2 Å². The van der Waals surface area contributed by atoms with Gasteiger partial charge in [-0.15, -0.1) is 0 Å². The van der Waals surface area contributed by atoms with Crippen molar-refractivity contribution in [3.8, 4) is 0 Å². The van der Waals surface area contributed by atoms with Gasteiger partial charge in [0.05, 0.1) is 11.9 Å². The largest absolute Gasteiger partial charge is 0.352 e. The molecule has 0 aliphatic carbocycles. The fraction of sp³-hybridized carbons (Fsp3) is 0.562. The molecule has 2 heterocycles. The van der Waals surface area contributed by atoms with Crippen LogP contribution in [0.5, 0.6) is 0 Å². The molecular formula is C16H25N5O. The molecule has 0 saturated carbocycles. The fourth-order valence-electron chi connectivity index (χ4n) is 2.64. The van der Waals surface area contributed by atoms with Crippen LogP contribution in [0, 0.1) is 20.8 Å². The van der Waals surface area contributed by atoms with E-state index in [2.05, 4.69) is 29.4 Å². The number of nitrogens with zero attached hydrogens (tertiary/aromatic N) is 4. The molecule has 6 nitrogen and oxygen atoms in total. The average molecular weight is 303 g/mol. The van der Waals surface area contributed by atoms with Crippen LogP contribution in [0.3, 0.4) is 0 Å². The molecule has 22 heavy (non-hydrogen) atoms. The van der Waals surface area contributed by atoms with Gasteiger partial charge in [0.15, 0.2) is 0 Å². The lowest BCUT2D eigenvalue weighted by Gasteiger charge is -2.06. The first-order valence-corrected chi connectivity index (χ1v) is 7.71. The fourth-order valence-corrected chi connectivity index (χ4v) is 2.64. The standard InChI is InChI=1S/C16H25N5O/c1-6-21-13(4)15(11(2)19-21)7-8-16(22)17-9-14-10-18-20(5)12(14)3/h10H,6-9H2,1-5H3,(H,17,22). The Hall–Kier alpha value is -2.11. The molecule has 0 aliphatic heterocycles. The van der Waals surface area contributed by atoms with Gasteiger partial charge in [-0.25, -0.2) is 0 Å². The molecule has 0 fully saturated rings. The number of rotatable bonds is 6. The summed E-state index contributed by atoms with van der Waals surface area (Å²) in [5.41, 5.74) is 5.51. The number of carbonyl (C=O) groups excluding carboxylic acids is 1. The summed E-state index contributed by atoms with van der Waals surface area (Å²) in [6, 6.07) is 0. The Morgan fingerprint density at radius 2 is 2.00 bits per heavy atom. The van der Waals surface area contributed by atoms with E-state index in [1.807, 2.05) is 30.3 Å². The van der Waals surface area contributed by atoms with Gasteiger partial charge in [-0.05, 0) is 39.7 Å². The van der Waals surface area contributed by atoms with Crippen molar-refractivity contribution in [2.24, 2.45) is 7.05 Å². The summed E-state index contributed by atoms with van der Waals surface area (Å²) in [5.74, 6) is 0.0614. The minimum absolute atomic E-state index is 0.0614. The highest BCUT2D eigenvalue weighted by Gasteiger charge is 2.12. The van der Waals surface area contributed by atoms with Crippen molar-refractivity contribution in [3.05, 3.63) is 34.4 Å². The molecule has 6 heteroatoms. The Labute approximate surface area is 131 Å². The van der Waals surface area contributed by atoms with Crippen molar-refractivity contribution in [3.63, 3.8) is 0 Å². The first-order valence-electron chi connectivity index (χ1n) is 7.71. The lowest BCUT2D eigenvalue weighted by molar-refractivity contribution is -0.121. The zero-order valence-corrected chi connectivity index (χ0v) is 14.1. The Morgan fingerprint density at radius 3 is 2.55 bits per heavy atom. The predicted octanol–water partition coefficient (Wildman–Crippen LogP) is 1.81. The third kappa shape index (κ3) is 3.37. The van der Waals surface area contributed by atoms with Gasteiger partial charge in [0.2, 0.25) is 5.91 Å². The first kappa shape index (κ1) is 16.3. The summed E-state index contributed by atoms with van der Waals surface area (Å²) in [4.78, 5) is 12.0. The molecule has 1 N–H and O–H groups in total. The van der Waals surface area contributed by atoms with Crippen molar-refractivity contribution in [2.45, 2.75) is 53.6 Å². The van der Waals surface area contributed by atoms with Gasteiger partial charge in [-0.1, -0.05) is 0 Å². The molecule has 2 aromatic heterocycles. The van der Waals surface area contributed by atoms with E-state index >= 15 is 0 Å². The van der Waals surface area contributed by atoms with E-state index in [1.54, 1.807) is 6.20 Å². The van der Waals surface area contributed by atoms with Crippen LogP contribution in [-0.2, 0) is 31.4 Å². The van der Waals surface area contributed by atoms with Gasteiger partial charge in [0.1, 0.15) is 0 Å². The number of hydrogen-bond acceptors (Lipinski definition) is 3. The molecule has 0 saturated heterocycles. The van der Waals surface area contributed by atoms with Crippen LogP contribution in [0.2, 0.25) is 0 Å². The molecule has 0 spiro atoms. The highest BCUT2D eigenvalue weighted by atomic mass is 16.1. The summed E-state index contributed by atoms with van der Waals surface area (Å²) in [6.45, 7) is 9.54. The normalized spacial score (nSPS) is 11.0. The van der Waals surface area contributed by atoms with Crippen LogP contribution < -0.4 is 5.32 Å².